The summed E-state index contributed by atoms with van der Waals surface area (Å²) in [4.78, 5) is 28.1. The predicted molar refractivity (Wildman–Crippen MR) is 101 cm³/mol. The third-order valence-electron chi connectivity index (χ3n) is 4.60. The molecular weight excluding hydrogens is 352 g/mol. The van der Waals surface area contributed by atoms with Gasteiger partial charge in [-0.1, -0.05) is 6.07 Å². The molecule has 2 aliphatic heterocycles. The van der Waals surface area contributed by atoms with Crippen molar-refractivity contribution >= 4 is 29.0 Å². The van der Waals surface area contributed by atoms with E-state index in [9.17, 15) is 9.59 Å². The van der Waals surface area contributed by atoms with Crippen LogP contribution >= 0.6 is 11.8 Å². The van der Waals surface area contributed by atoms with E-state index in [2.05, 4.69) is 0 Å². The predicted octanol–water partition coefficient (Wildman–Crippen LogP) is 2.16. The standard InChI is InChI=1S/C19H24N2O4S/c1-3-25-15-8-7-14(11-16(15)24-2)12-17-18(22)21(19(23)26-17)13-20-9-5-4-6-10-20/h7-8,11-12H,3-6,9-10,13H2,1-2H3/p+1. The Labute approximate surface area is 158 Å². The van der Waals surface area contributed by atoms with Gasteiger partial charge in [0.2, 0.25) is 0 Å². The average molecular weight is 377 g/mol. The van der Waals surface area contributed by atoms with Crippen LogP contribution in [-0.4, -0.2) is 49.5 Å². The van der Waals surface area contributed by atoms with E-state index in [4.69, 9.17) is 9.47 Å². The summed E-state index contributed by atoms with van der Waals surface area (Å²) < 4.78 is 10.9. The molecule has 0 aliphatic carbocycles. The largest absolute Gasteiger partial charge is 0.493 e. The molecule has 0 unspecified atom stereocenters. The maximum atomic E-state index is 12.7. The van der Waals surface area contributed by atoms with Crippen molar-refractivity contribution in [1.29, 1.82) is 0 Å². The van der Waals surface area contributed by atoms with Gasteiger partial charge in [0.25, 0.3) is 11.1 Å². The molecule has 0 saturated carbocycles. The Morgan fingerprint density at radius 2 is 1.96 bits per heavy atom. The van der Waals surface area contributed by atoms with Gasteiger partial charge < -0.3 is 14.4 Å². The van der Waals surface area contributed by atoms with Gasteiger partial charge in [0.05, 0.1) is 31.7 Å². The average Bonchev–Trinajstić information content (AvgIpc) is 2.91. The first kappa shape index (κ1) is 18.8. The summed E-state index contributed by atoms with van der Waals surface area (Å²) in [5, 5.41) is -0.183. The first-order valence-corrected chi connectivity index (χ1v) is 9.83. The summed E-state index contributed by atoms with van der Waals surface area (Å²) in [6, 6.07) is 5.49. The highest BCUT2D eigenvalue weighted by Gasteiger charge is 2.37. The number of methoxy groups -OCH3 is 1. The Hall–Kier alpha value is -1.99. The van der Waals surface area contributed by atoms with Crippen molar-refractivity contribution in [1.82, 2.24) is 4.90 Å². The topological polar surface area (TPSA) is 60.3 Å². The van der Waals surface area contributed by atoms with Gasteiger partial charge in [-0.25, -0.2) is 4.90 Å². The second-order valence-electron chi connectivity index (χ2n) is 6.42. The van der Waals surface area contributed by atoms with E-state index in [1.165, 1.54) is 16.2 Å². The second kappa shape index (κ2) is 8.60. The molecule has 2 amide bonds. The summed E-state index contributed by atoms with van der Waals surface area (Å²) in [5.74, 6) is 1.07. The first-order valence-electron chi connectivity index (χ1n) is 9.02. The lowest BCUT2D eigenvalue weighted by Gasteiger charge is -2.26. The highest BCUT2D eigenvalue weighted by molar-refractivity contribution is 8.18. The Kier molecular flexibility index (Phi) is 6.21. The quantitative estimate of drug-likeness (QED) is 0.770. The number of piperidine rings is 1. The zero-order valence-corrected chi connectivity index (χ0v) is 16.1. The summed E-state index contributed by atoms with van der Waals surface area (Å²) in [6.07, 6.45) is 5.31. The van der Waals surface area contributed by atoms with E-state index in [0.717, 1.165) is 43.3 Å². The molecule has 2 aliphatic rings. The van der Waals surface area contributed by atoms with Gasteiger partial charge in [0.1, 0.15) is 0 Å². The molecule has 0 radical (unpaired) electrons. The molecule has 26 heavy (non-hydrogen) atoms. The molecule has 0 bridgehead atoms. The van der Waals surface area contributed by atoms with Crippen LogP contribution in [-0.2, 0) is 4.79 Å². The fourth-order valence-corrected chi connectivity index (χ4v) is 4.11. The SMILES string of the molecule is CCOc1ccc(C=C2SC(=O)N(C[NH+]3CCCCC3)C2=O)cc1OC. The number of carbonyl (C=O) groups excluding carboxylic acids is 2. The van der Waals surface area contributed by atoms with Crippen molar-refractivity contribution < 1.29 is 24.0 Å². The number of hydrogen-bond acceptors (Lipinski definition) is 5. The normalized spacial score (nSPS) is 20.1. The molecule has 2 heterocycles. The number of quaternary nitrogens is 1. The minimum Gasteiger partial charge on any atom is -0.493 e. The molecule has 7 heteroatoms. The van der Waals surface area contributed by atoms with E-state index in [1.54, 1.807) is 13.2 Å². The van der Waals surface area contributed by atoms with Gasteiger partial charge >= 0.3 is 0 Å². The molecular formula is C19H25N2O4S+. The van der Waals surface area contributed by atoms with Crippen molar-refractivity contribution in [2.45, 2.75) is 26.2 Å². The number of carbonyl (C=O) groups is 2. The van der Waals surface area contributed by atoms with Gasteiger partial charge in [-0.3, -0.25) is 9.59 Å². The molecule has 1 N–H and O–H groups in total. The molecule has 3 rings (SSSR count). The lowest BCUT2D eigenvalue weighted by Crippen LogP contribution is -3.14. The Morgan fingerprint density at radius 1 is 1.19 bits per heavy atom. The Bertz CT molecular complexity index is 713. The molecule has 1 aromatic carbocycles. The lowest BCUT2D eigenvalue weighted by atomic mass is 10.1. The molecule has 2 saturated heterocycles. The Morgan fingerprint density at radius 3 is 2.65 bits per heavy atom. The third kappa shape index (κ3) is 4.22. The van der Waals surface area contributed by atoms with Crippen molar-refractivity contribution in [2.75, 3.05) is 33.5 Å². The number of thioether (sulfide) groups is 1. The lowest BCUT2D eigenvalue weighted by molar-refractivity contribution is -0.912. The van der Waals surface area contributed by atoms with Crippen LogP contribution in [0.2, 0.25) is 0 Å². The molecule has 0 aromatic heterocycles. The van der Waals surface area contributed by atoms with Crippen LogP contribution < -0.4 is 14.4 Å². The molecule has 6 nitrogen and oxygen atoms in total. The zero-order valence-electron chi connectivity index (χ0n) is 15.2. The van der Waals surface area contributed by atoms with Crippen molar-refractivity contribution in [3.05, 3.63) is 28.7 Å². The third-order valence-corrected chi connectivity index (χ3v) is 5.51. The van der Waals surface area contributed by atoms with Crippen LogP contribution in [0.4, 0.5) is 4.79 Å². The fourth-order valence-electron chi connectivity index (χ4n) is 3.27. The van der Waals surface area contributed by atoms with Gasteiger partial charge in [-0.15, -0.1) is 0 Å². The molecule has 2 fully saturated rings. The summed E-state index contributed by atoms with van der Waals surface area (Å²) in [5.41, 5.74) is 0.807. The highest BCUT2D eigenvalue weighted by atomic mass is 32.2. The van der Waals surface area contributed by atoms with Crippen molar-refractivity contribution in [3.63, 3.8) is 0 Å². The first-order chi connectivity index (χ1) is 12.6. The van der Waals surface area contributed by atoms with E-state index in [0.29, 0.717) is 29.7 Å². The molecule has 0 atom stereocenters. The monoisotopic (exact) mass is 377 g/mol. The van der Waals surface area contributed by atoms with Crippen molar-refractivity contribution in [3.8, 4) is 11.5 Å². The summed E-state index contributed by atoms with van der Waals surface area (Å²) in [7, 11) is 1.58. The summed E-state index contributed by atoms with van der Waals surface area (Å²) in [6.45, 7) is 4.98. The van der Waals surface area contributed by atoms with E-state index in [-0.39, 0.29) is 11.1 Å². The Balaban J connectivity index is 1.74. The number of benzene rings is 1. The minimum atomic E-state index is -0.203. The van der Waals surface area contributed by atoms with Crippen LogP contribution in [0.1, 0.15) is 31.7 Å². The number of ether oxygens (including phenoxy) is 2. The van der Waals surface area contributed by atoms with Crippen LogP contribution in [0.15, 0.2) is 23.1 Å². The van der Waals surface area contributed by atoms with Gasteiger partial charge in [-0.2, -0.15) is 0 Å². The molecule has 0 spiro atoms. The van der Waals surface area contributed by atoms with E-state index >= 15 is 0 Å². The number of likely N-dealkylation sites (tertiary alicyclic amines) is 1. The van der Waals surface area contributed by atoms with E-state index < -0.39 is 0 Å². The second-order valence-corrected chi connectivity index (χ2v) is 7.42. The number of hydrogen-bond donors (Lipinski definition) is 1. The number of nitrogens with one attached hydrogen (secondary N) is 1. The van der Waals surface area contributed by atoms with Crippen molar-refractivity contribution in [2.24, 2.45) is 0 Å². The zero-order chi connectivity index (χ0) is 18.5. The smallest absolute Gasteiger partial charge is 0.298 e. The van der Waals surface area contributed by atoms with Gasteiger partial charge in [0, 0.05) is 0 Å². The maximum absolute atomic E-state index is 12.7. The van der Waals surface area contributed by atoms with E-state index in [1.807, 2.05) is 25.1 Å². The number of rotatable bonds is 6. The highest BCUT2D eigenvalue weighted by Crippen LogP contribution is 2.34. The minimum absolute atomic E-state index is 0.183. The van der Waals surface area contributed by atoms with Gasteiger partial charge in [-0.05, 0) is 61.7 Å². The van der Waals surface area contributed by atoms with Gasteiger partial charge in [0.15, 0.2) is 18.2 Å². The van der Waals surface area contributed by atoms with Crippen LogP contribution in [0, 0.1) is 0 Å². The summed E-state index contributed by atoms with van der Waals surface area (Å²) >= 11 is 1.01. The maximum Gasteiger partial charge on any atom is 0.298 e. The number of amides is 2. The molecule has 1 aromatic rings. The number of nitrogens with zero attached hydrogens (tertiary/aromatic N) is 1. The molecule has 140 valence electrons. The van der Waals surface area contributed by atoms with Crippen LogP contribution in [0.5, 0.6) is 11.5 Å². The number of imide groups is 1. The van der Waals surface area contributed by atoms with Crippen LogP contribution in [0.25, 0.3) is 6.08 Å². The fraction of sp³-hybridized carbons (Fsp3) is 0.474. The van der Waals surface area contributed by atoms with Crippen LogP contribution in [0.3, 0.4) is 0 Å².